The van der Waals surface area contributed by atoms with Gasteiger partial charge in [0.25, 0.3) is 0 Å². The zero-order chi connectivity index (χ0) is 47.7. The van der Waals surface area contributed by atoms with Gasteiger partial charge in [0, 0.05) is 19.4 Å². The molecule has 0 saturated heterocycles. The highest BCUT2D eigenvalue weighted by Gasteiger charge is 2.17. The number of hydrogen-bond acceptors (Lipinski definition) is 5. The van der Waals surface area contributed by atoms with Gasteiger partial charge in [0.15, 0.2) is 6.10 Å². The molecule has 0 aromatic rings. The molecule has 5 heteroatoms. The third-order valence-corrected chi connectivity index (χ3v) is 11.9. The highest BCUT2D eigenvalue weighted by Crippen LogP contribution is 2.14. The van der Waals surface area contributed by atoms with Crippen LogP contribution in [0.3, 0.4) is 0 Å². The third kappa shape index (κ3) is 53.7. The summed E-state index contributed by atoms with van der Waals surface area (Å²) in [5.41, 5.74) is 0. The van der Waals surface area contributed by atoms with Crippen molar-refractivity contribution in [2.75, 3.05) is 19.8 Å². The van der Waals surface area contributed by atoms with E-state index >= 15 is 0 Å². The third-order valence-electron chi connectivity index (χ3n) is 11.9. The van der Waals surface area contributed by atoms with Crippen LogP contribution in [-0.4, -0.2) is 37.9 Å². The van der Waals surface area contributed by atoms with Crippen LogP contribution < -0.4 is 0 Å². The van der Waals surface area contributed by atoms with Crippen LogP contribution in [0.15, 0.2) is 85.1 Å². The van der Waals surface area contributed by atoms with E-state index in [-0.39, 0.29) is 25.2 Å². The fourth-order valence-electron chi connectivity index (χ4n) is 7.70. The topological polar surface area (TPSA) is 61.8 Å². The van der Waals surface area contributed by atoms with Crippen molar-refractivity contribution < 1.29 is 23.8 Å². The van der Waals surface area contributed by atoms with Gasteiger partial charge < -0.3 is 14.2 Å². The second-order valence-electron chi connectivity index (χ2n) is 18.4. The number of carbonyl (C=O) groups is 2. The first-order chi connectivity index (χ1) is 32.6. The number of unbranched alkanes of at least 4 members (excludes halogenated alkanes) is 26. The number of allylic oxidation sites excluding steroid dienone is 14. The van der Waals surface area contributed by atoms with Gasteiger partial charge in [-0.3, -0.25) is 9.59 Å². The summed E-state index contributed by atoms with van der Waals surface area (Å²) in [5.74, 6) is -0.431. The lowest BCUT2D eigenvalue weighted by Gasteiger charge is -2.18. The Morgan fingerprint density at radius 3 is 1.14 bits per heavy atom. The van der Waals surface area contributed by atoms with E-state index in [1.54, 1.807) is 0 Å². The van der Waals surface area contributed by atoms with Gasteiger partial charge in [0.2, 0.25) is 0 Å². The van der Waals surface area contributed by atoms with Gasteiger partial charge in [-0.05, 0) is 116 Å². The molecule has 0 radical (unpaired) electrons. The Morgan fingerprint density at radius 2 is 0.682 bits per heavy atom. The van der Waals surface area contributed by atoms with E-state index in [9.17, 15) is 9.59 Å². The Balaban J connectivity index is 4.33. The number of carbonyl (C=O) groups excluding carboxylic acids is 2. The highest BCUT2D eigenvalue weighted by atomic mass is 16.6. The molecule has 0 amide bonds. The monoisotopic (exact) mass is 919 g/mol. The summed E-state index contributed by atoms with van der Waals surface area (Å²) in [4.78, 5) is 25.5. The first-order valence-corrected chi connectivity index (χ1v) is 28.1. The summed E-state index contributed by atoms with van der Waals surface area (Å²) in [5, 5.41) is 0. The first kappa shape index (κ1) is 63.1. The van der Waals surface area contributed by atoms with Crippen molar-refractivity contribution in [1.29, 1.82) is 0 Å². The van der Waals surface area contributed by atoms with Crippen LogP contribution >= 0.6 is 0 Å². The Kier molecular flexibility index (Phi) is 53.9. The molecule has 0 aromatic heterocycles. The molecule has 0 saturated carbocycles. The van der Waals surface area contributed by atoms with Crippen molar-refractivity contribution in [3.8, 4) is 0 Å². The van der Waals surface area contributed by atoms with E-state index in [1.165, 1.54) is 135 Å². The molecule has 0 heterocycles. The molecule has 0 aliphatic heterocycles. The Hall–Kier alpha value is -2.92. The molecule has 0 fully saturated rings. The minimum atomic E-state index is -0.558. The average molecular weight is 920 g/mol. The fourth-order valence-corrected chi connectivity index (χ4v) is 7.70. The molecule has 0 aromatic carbocycles. The molecule has 1 atom stereocenters. The van der Waals surface area contributed by atoms with Crippen molar-refractivity contribution in [2.45, 2.75) is 271 Å². The first-order valence-electron chi connectivity index (χ1n) is 28.1. The second-order valence-corrected chi connectivity index (χ2v) is 18.4. The maximum Gasteiger partial charge on any atom is 0.306 e. The van der Waals surface area contributed by atoms with Gasteiger partial charge in [0.05, 0.1) is 6.61 Å². The van der Waals surface area contributed by atoms with Crippen molar-refractivity contribution in [1.82, 2.24) is 0 Å². The fraction of sp³-hybridized carbons (Fsp3) is 0.738. The normalized spacial score (nSPS) is 12.8. The molecule has 1 unspecified atom stereocenters. The molecule has 5 nitrogen and oxygen atoms in total. The molecular formula is C61H106O5. The Bertz CT molecular complexity index is 1220. The summed E-state index contributed by atoms with van der Waals surface area (Å²) >= 11 is 0. The lowest BCUT2D eigenvalue weighted by atomic mass is 10.1. The maximum absolute atomic E-state index is 12.8. The summed E-state index contributed by atoms with van der Waals surface area (Å²) in [7, 11) is 0. The molecule has 0 rings (SSSR count). The quantitative estimate of drug-likeness (QED) is 0.0346. The standard InChI is InChI=1S/C61H106O5/c1-4-7-10-13-16-19-22-25-28-30-31-32-34-36-39-42-45-48-51-54-60(62)65-58-59(57-64-56-53-50-47-44-41-38-35-29-26-23-20-17-14-11-8-5-2)66-61(63)55-52-49-46-43-40-37-33-27-24-21-18-15-12-9-6-3/h9,12,16,18-19,21,25-29,31-33,59H,4-8,10-11,13-15,17,20,22-24,30,34-58H2,1-3H3/b12-9-,19-16-,21-18-,28-25-,29-26-,32-31-,33-27-. The predicted octanol–water partition coefficient (Wildman–Crippen LogP) is 19.2. The molecule has 66 heavy (non-hydrogen) atoms. The highest BCUT2D eigenvalue weighted by molar-refractivity contribution is 5.70. The minimum absolute atomic E-state index is 0.0661. The van der Waals surface area contributed by atoms with E-state index in [0.29, 0.717) is 19.4 Å². The summed E-state index contributed by atoms with van der Waals surface area (Å²) in [6.07, 6.45) is 74.5. The van der Waals surface area contributed by atoms with Crippen molar-refractivity contribution in [2.24, 2.45) is 0 Å². The van der Waals surface area contributed by atoms with Crippen LogP contribution in [0.4, 0.5) is 0 Å². The summed E-state index contributed by atoms with van der Waals surface area (Å²) in [6.45, 7) is 7.66. The number of rotatable bonds is 51. The molecule has 0 bridgehead atoms. The number of ether oxygens (including phenoxy) is 3. The molecule has 0 spiro atoms. The van der Waals surface area contributed by atoms with Crippen LogP contribution in [0.25, 0.3) is 0 Å². The molecule has 380 valence electrons. The van der Waals surface area contributed by atoms with E-state index in [1.807, 2.05) is 0 Å². The summed E-state index contributed by atoms with van der Waals surface area (Å²) < 4.78 is 17.4. The van der Waals surface area contributed by atoms with E-state index in [4.69, 9.17) is 14.2 Å². The number of esters is 2. The Labute approximate surface area is 409 Å². The lowest BCUT2D eigenvalue weighted by Crippen LogP contribution is -2.30. The van der Waals surface area contributed by atoms with Crippen molar-refractivity contribution >= 4 is 11.9 Å². The number of hydrogen-bond donors (Lipinski definition) is 0. The van der Waals surface area contributed by atoms with Gasteiger partial charge in [0.1, 0.15) is 6.61 Å². The molecular weight excluding hydrogens is 813 g/mol. The van der Waals surface area contributed by atoms with Crippen LogP contribution in [0.1, 0.15) is 265 Å². The predicted molar refractivity (Wildman–Crippen MR) is 288 cm³/mol. The molecule has 0 aliphatic rings. The summed E-state index contributed by atoms with van der Waals surface area (Å²) in [6, 6.07) is 0. The van der Waals surface area contributed by atoms with E-state index < -0.39 is 6.10 Å². The smallest absolute Gasteiger partial charge is 0.306 e. The van der Waals surface area contributed by atoms with Gasteiger partial charge in [-0.25, -0.2) is 0 Å². The van der Waals surface area contributed by atoms with Crippen molar-refractivity contribution in [3.63, 3.8) is 0 Å². The lowest BCUT2D eigenvalue weighted by molar-refractivity contribution is -0.163. The van der Waals surface area contributed by atoms with Crippen LogP contribution in [-0.2, 0) is 23.8 Å². The molecule has 0 aliphatic carbocycles. The largest absolute Gasteiger partial charge is 0.462 e. The zero-order valence-electron chi connectivity index (χ0n) is 43.7. The zero-order valence-corrected chi connectivity index (χ0v) is 43.7. The van der Waals surface area contributed by atoms with Crippen LogP contribution in [0, 0.1) is 0 Å². The Morgan fingerprint density at radius 1 is 0.348 bits per heavy atom. The van der Waals surface area contributed by atoms with Gasteiger partial charge >= 0.3 is 11.9 Å². The second kappa shape index (κ2) is 56.4. The molecule has 0 N–H and O–H groups in total. The van der Waals surface area contributed by atoms with Gasteiger partial charge in [-0.2, -0.15) is 0 Å². The maximum atomic E-state index is 12.8. The van der Waals surface area contributed by atoms with Crippen molar-refractivity contribution in [3.05, 3.63) is 85.1 Å². The van der Waals surface area contributed by atoms with Gasteiger partial charge in [-0.1, -0.05) is 221 Å². The van der Waals surface area contributed by atoms with Crippen LogP contribution in [0.5, 0.6) is 0 Å². The van der Waals surface area contributed by atoms with Crippen LogP contribution in [0.2, 0.25) is 0 Å². The van der Waals surface area contributed by atoms with E-state index in [0.717, 1.165) is 96.3 Å². The van der Waals surface area contributed by atoms with E-state index in [2.05, 4.69) is 106 Å². The SMILES string of the molecule is CC/C=C\C/C=C\C/C=C\CCCCCCCC(=O)OC(COCCCCCCCC/C=C\CCCCCCCC)COC(=O)CCCCCCCC/C=C\C/C=C\C/C=C\CCCCC. The van der Waals surface area contributed by atoms with Gasteiger partial charge in [-0.15, -0.1) is 0 Å². The average Bonchev–Trinajstić information content (AvgIpc) is 3.32. The minimum Gasteiger partial charge on any atom is -0.462 e.